The predicted octanol–water partition coefficient (Wildman–Crippen LogP) is 2.37. The van der Waals surface area contributed by atoms with Gasteiger partial charge in [-0.05, 0) is 24.6 Å². The lowest BCUT2D eigenvalue weighted by Crippen LogP contribution is -2.18. The molecule has 1 aromatic heterocycles. The Labute approximate surface area is 120 Å². The van der Waals surface area contributed by atoms with Crippen molar-refractivity contribution >= 4 is 11.5 Å². The number of nitrogens with two attached hydrogens (primary N) is 1. The van der Waals surface area contributed by atoms with Gasteiger partial charge < -0.3 is 16.3 Å². The van der Waals surface area contributed by atoms with Gasteiger partial charge in [-0.2, -0.15) is 0 Å². The van der Waals surface area contributed by atoms with Crippen LogP contribution in [0.1, 0.15) is 16.8 Å². The number of aryl methyl sites for hydroxylation is 1. The highest BCUT2D eigenvalue weighted by Crippen LogP contribution is 2.20. The number of amidine groups is 1. The average molecular weight is 292 g/mol. The van der Waals surface area contributed by atoms with Crippen molar-refractivity contribution in [2.45, 2.75) is 13.5 Å². The Kier molecular flexibility index (Phi) is 4.32. The van der Waals surface area contributed by atoms with Gasteiger partial charge in [0, 0.05) is 24.4 Å². The molecule has 0 spiro atoms. The van der Waals surface area contributed by atoms with Crippen LogP contribution >= 0.6 is 0 Å². The zero-order valence-electron chi connectivity index (χ0n) is 11.3. The maximum atomic E-state index is 13.7. The minimum atomic E-state index is -0.553. The molecule has 21 heavy (non-hydrogen) atoms. The summed E-state index contributed by atoms with van der Waals surface area (Å²) in [5.41, 5.74) is 6.65. The second-order valence-electron chi connectivity index (χ2n) is 4.43. The normalized spacial score (nSPS) is 11.5. The fourth-order valence-electron chi connectivity index (χ4n) is 1.83. The van der Waals surface area contributed by atoms with Crippen LogP contribution in [0.2, 0.25) is 0 Å². The maximum absolute atomic E-state index is 13.7. The molecular weight excluding hydrogens is 278 g/mol. The molecule has 0 amide bonds. The topological polar surface area (TPSA) is 83.5 Å². The summed E-state index contributed by atoms with van der Waals surface area (Å²) in [7, 11) is 0. The van der Waals surface area contributed by atoms with E-state index in [1.807, 2.05) is 0 Å². The molecule has 4 N–H and O–H groups in total. The van der Waals surface area contributed by atoms with E-state index in [1.54, 1.807) is 12.1 Å². The van der Waals surface area contributed by atoms with Crippen LogP contribution in [0, 0.1) is 18.6 Å². The van der Waals surface area contributed by atoms with Crippen molar-refractivity contribution in [3.05, 3.63) is 58.9 Å². The second-order valence-corrected chi connectivity index (χ2v) is 4.43. The second kappa shape index (κ2) is 6.17. The number of pyridine rings is 1. The summed E-state index contributed by atoms with van der Waals surface area (Å²) in [5, 5.41) is 14.4. The van der Waals surface area contributed by atoms with Crippen molar-refractivity contribution in [3.63, 3.8) is 0 Å². The Morgan fingerprint density at radius 3 is 2.86 bits per heavy atom. The largest absolute Gasteiger partial charge is 0.409 e. The molecule has 2 aromatic rings. The first kappa shape index (κ1) is 14.7. The van der Waals surface area contributed by atoms with Gasteiger partial charge in [-0.25, -0.2) is 8.78 Å². The summed E-state index contributed by atoms with van der Waals surface area (Å²) in [5.74, 6) is -1.20. The minimum Gasteiger partial charge on any atom is -0.409 e. The van der Waals surface area contributed by atoms with Crippen molar-refractivity contribution in [2.24, 2.45) is 10.9 Å². The van der Waals surface area contributed by atoms with E-state index in [0.29, 0.717) is 5.56 Å². The highest BCUT2D eigenvalue weighted by atomic mass is 19.1. The molecule has 0 fully saturated rings. The highest BCUT2D eigenvalue weighted by molar-refractivity contribution is 5.96. The molecule has 0 atom stereocenters. The lowest BCUT2D eigenvalue weighted by molar-refractivity contribution is 0.318. The molecule has 1 aromatic carbocycles. The number of benzene rings is 1. The van der Waals surface area contributed by atoms with Gasteiger partial charge >= 0.3 is 0 Å². The number of hydrogen-bond acceptors (Lipinski definition) is 4. The summed E-state index contributed by atoms with van der Waals surface area (Å²) in [6.45, 7) is 1.64. The summed E-state index contributed by atoms with van der Waals surface area (Å²) < 4.78 is 27.2. The Hall–Kier alpha value is -2.70. The third-order valence-electron chi connectivity index (χ3n) is 2.96. The van der Waals surface area contributed by atoms with E-state index in [4.69, 9.17) is 10.9 Å². The van der Waals surface area contributed by atoms with E-state index < -0.39 is 11.6 Å². The van der Waals surface area contributed by atoms with Crippen LogP contribution in [-0.2, 0) is 6.54 Å². The first-order valence-electron chi connectivity index (χ1n) is 6.14. The van der Waals surface area contributed by atoms with Gasteiger partial charge in [-0.3, -0.25) is 4.98 Å². The Morgan fingerprint density at radius 2 is 2.14 bits per heavy atom. The number of rotatable bonds is 4. The third-order valence-corrected chi connectivity index (χ3v) is 2.96. The predicted molar refractivity (Wildman–Crippen MR) is 75.2 cm³/mol. The van der Waals surface area contributed by atoms with Gasteiger partial charge in [0.15, 0.2) is 5.84 Å². The molecule has 5 nitrogen and oxygen atoms in total. The zero-order valence-corrected chi connectivity index (χ0v) is 11.3. The number of oxime groups is 1. The molecule has 0 radical (unpaired) electrons. The van der Waals surface area contributed by atoms with Gasteiger partial charge in [0.1, 0.15) is 17.3 Å². The zero-order chi connectivity index (χ0) is 15.4. The van der Waals surface area contributed by atoms with Crippen LogP contribution in [0.4, 0.5) is 14.5 Å². The first-order valence-corrected chi connectivity index (χ1v) is 6.14. The molecule has 0 aliphatic heterocycles. The molecule has 0 saturated heterocycles. The quantitative estimate of drug-likeness (QED) is 0.349. The lowest BCUT2D eigenvalue weighted by Gasteiger charge is -2.11. The Balaban J connectivity index is 2.23. The first-order chi connectivity index (χ1) is 10.0. The van der Waals surface area contributed by atoms with E-state index in [-0.39, 0.29) is 29.3 Å². The molecular formula is C14H14F2N4O. The molecule has 0 aliphatic rings. The fourth-order valence-corrected chi connectivity index (χ4v) is 1.83. The van der Waals surface area contributed by atoms with E-state index in [2.05, 4.69) is 15.5 Å². The van der Waals surface area contributed by atoms with E-state index >= 15 is 0 Å². The van der Waals surface area contributed by atoms with Gasteiger partial charge in [0.2, 0.25) is 0 Å². The van der Waals surface area contributed by atoms with Crippen LogP contribution < -0.4 is 11.1 Å². The molecule has 2 rings (SSSR count). The van der Waals surface area contributed by atoms with E-state index in [9.17, 15) is 8.78 Å². The van der Waals surface area contributed by atoms with Gasteiger partial charge in [0.05, 0.1) is 5.69 Å². The van der Waals surface area contributed by atoms with Crippen molar-refractivity contribution in [1.82, 2.24) is 4.98 Å². The summed E-state index contributed by atoms with van der Waals surface area (Å²) >= 11 is 0. The van der Waals surface area contributed by atoms with Crippen molar-refractivity contribution in [1.29, 1.82) is 0 Å². The maximum Gasteiger partial charge on any atom is 0.189 e. The van der Waals surface area contributed by atoms with Crippen molar-refractivity contribution < 1.29 is 14.0 Å². The molecule has 110 valence electrons. The summed E-state index contributed by atoms with van der Waals surface area (Å²) in [6.07, 6.45) is 1.49. The van der Waals surface area contributed by atoms with Crippen molar-refractivity contribution in [3.8, 4) is 0 Å². The van der Waals surface area contributed by atoms with Crippen LogP contribution in [0.3, 0.4) is 0 Å². The summed E-state index contributed by atoms with van der Waals surface area (Å²) in [6, 6.07) is 5.56. The van der Waals surface area contributed by atoms with Crippen LogP contribution in [0.5, 0.6) is 0 Å². The molecule has 0 bridgehead atoms. The highest BCUT2D eigenvalue weighted by Gasteiger charge is 2.10. The molecule has 0 aliphatic carbocycles. The number of halogens is 2. The number of hydrogen-bond donors (Lipinski definition) is 3. The Morgan fingerprint density at radius 1 is 1.38 bits per heavy atom. The van der Waals surface area contributed by atoms with Crippen LogP contribution in [0.25, 0.3) is 0 Å². The smallest absolute Gasteiger partial charge is 0.189 e. The van der Waals surface area contributed by atoms with Gasteiger partial charge in [-0.1, -0.05) is 11.2 Å². The lowest BCUT2D eigenvalue weighted by atomic mass is 10.1. The summed E-state index contributed by atoms with van der Waals surface area (Å²) in [4.78, 5) is 3.99. The Bertz CT molecular complexity index is 689. The number of anilines is 1. The number of nitrogens with zero attached hydrogens (tertiary/aromatic N) is 2. The monoisotopic (exact) mass is 292 g/mol. The number of nitrogens with one attached hydrogen (secondary N) is 1. The fraction of sp³-hybridized carbons (Fsp3) is 0.143. The van der Waals surface area contributed by atoms with Crippen LogP contribution in [-0.4, -0.2) is 16.0 Å². The third kappa shape index (κ3) is 3.25. The van der Waals surface area contributed by atoms with E-state index in [0.717, 1.165) is 12.1 Å². The van der Waals surface area contributed by atoms with Crippen LogP contribution in [0.15, 0.2) is 35.6 Å². The number of aromatic nitrogens is 1. The SMILES string of the molecule is Cc1cc(F)c(NCc2cccnc2/C(N)=N/O)cc1F. The average Bonchev–Trinajstić information content (AvgIpc) is 2.49. The van der Waals surface area contributed by atoms with E-state index in [1.165, 1.54) is 13.1 Å². The molecule has 7 heteroatoms. The molecule has 1 heterocycles. The molecule has 0 unspecified atom stereocenters. The minimum absolute atomic E-state index is 0.0346. The van der Waals surface area contributed by atoms with Gasteiger partial charge in [0.25, 0.3) is 0 Å². The van der Waals surface area contributed by atoms with Crippen molar-refractivity contribution in [2.75, 3.05) is 5.32 Å². The van der Waals surface area contributed by atoms with Gasteiger partial charge in [-0.15, -0.1) is 0 Å². The molecule has 0 saturated carbocycles. The standard InChI is InChI=1S/C14H14F2N4O/c1-8-5-11(16)12(6-10(8)15)19-7-9-3-2-4-18-13(9)14(17)20-21/h2-6,19,21H,7H2,1H3,(H2,17,20).